The number of benzene rings is 2. The summed E-state index contributed by atoms with van der Waals surface area (Å²) in [6, 6.07) is 15.3. The molecule has 0 aliphatic carbocycles. The zero-order valence-electron chi connectivity index (χ0n) is 13.4. The van der Waals surface area contributed by atoms with Crippen molar-refractivity contribution < 1.29 is 0 Å². The number of rotatable bonds is 4. The number of aromatic nitrogens is 5. The molecule has 124 valence electrons. The highest BCUT2D eigenvalue weighted by molar-refractivity contribution is 6.31. The van der Waals surface area contributed by atoms with Crippen LogP contribution in [0.1, 0.15) is 23.3 Å². The van der Waals surface area contributed by atoms with E-state index in [0.717, 1.165) is 22.3 Å². The van der Waals surface area contributed by atoms with Crippen LogP contribution in [0.4, 0.5) is 5.82 Å². The van der Waals surface area contributed by atoms with E-state index in [9.17, 15) is 0 Å². The highest BCUT2D eigenvalue weighted by Crippen LogP contribution is 2.28. The van der Waals surface area contributed by atoms with Crippen molar-refractivity contribution in [3.05, 3.63) is 77.1 Å². The molecular weight excluding hydrogens is 336 g/mol. The molecule has 0 aliphatic heterocycles. The van der Waals surface area contributed by atoms with Crippen molar-refractivity contribution in [2.45, 2.75) is 13.0 Å². The van der Waals surface area contributed by atoms with E-state index in [0.29, 0.717) is 16.7 Å². The van der Waals surface area contributed by atoms with Crippen molar-refractivity contribution in [3.8, 4) is 0 Å². The van der Waals surface area contributed by atoms with Gasteiger partial charge in [0.05, 0.1) is 5.52 Å². The van der Waals surface area contributed by atoms with Crippen molar-refractivity contribution in [2.24, 2.45) is 0 Å². The highest BCUT2D eigenvalue weighted by atomic mass is 35.5. The smallest absolute Gasteiger partial charge is 0.177 e. The molecule has 2 heterocycles. The Morgan fingerprint density at radius 2 is 1.92 bits per heavy atom. The molecule has 2 N–H and O–H groups in total. The Morgan fingerprint density at radius 1 is 1.08 bits per heavy atom. The van der Waals surface area contributed by atoms with Crippen molar-refractivity contribution in [2.75, 3.05) is 5.32 Å². The van der Waals surface area contributed by atoms with Crippen LogP contribution in [0.2, 0.25) is 5.02 Å². The lowest BCUT2D eigenvalue weighted by Crippen LogP contribution is -2.15. The molecular formula is C18H15ClN6. The van der Waals surface area contributed by atoms with Crippen molar-refractivity contribution in [1.29, 1.82) is 0 Å². The number of aromatic amines is 1. The van der Waals surface area contributed by atoms with Crippen LogP contribution in [0, 0.1) is 6.92 Å². The number of fused-ring (bicyclic) bond motifs is 1. The van der Waals surface area contributed by atoms with E-state index in [-0.39, 0.29) is 6.04 Å². The van der Waals surface area contributed by atoms with Crippen LogP contribution in [-0.2, 0) is 0 Å². The van der Waals surface area contributed by atoms with Crippen LogP contribution >= 0.6 is 11.6 Å². The second-order valence-electron chi connectivity index (χ2n) is 5.65. The lowest BCUT2D eigenvalue weighted by atomic mass is 10.1. The standard InChI is InChI=1S/C18H15ClN6/c1-11-22-18(25-24-11)16(12-5-3-2-4-6-12)23-17-14-8-7-13(19)9-15(14)20-10-21-17/h2-10,16H,1H3,(H,20,21,23)(H,22,24,25). The van der Waals surface area contributed by atoms with E-state index < -0.39 is 0 Å². The fraction of sp³-hybridized carbons (Fsp3) is 0.111. The van der Waals surface area contributed by atoms with E-state index in [4.69, 9.17) is 11.6 Å². The molecule has 4 aromatic rings. The average Bonchev–Trinajstić information content (AvgIpc) is 3.06. The fourth-order valence-electron chi connectivity index (χ4n) is 2.71. The van der Waals surface area contributed by atoms with Crippen LogP contribution in [0.5, 0.6) is 0 Å². The highest BCUT2D eigenvalue weighted by Gasteiger charge is 2.20. The third-order valence-electron chi connectivity index (χ3n) is 3.89. The predicted octanol–water partition coefficient (Wildman–Crippen LogP) is 3.91. The number of hydrogen-bond donors (Lipinski definition) is 2. The van der Waals surface area contributed by atoms with Crippen LogP contribution in [-0.4, -0.2) is 25.1 Å². The first kappa shape index (κ1) is 15.5. The molecule has 1 unspecified atom stereocenters. The molecule has 0 amide bonds. The van der Waals surface area contributed by atoms with Crippen LogP contribution in [0.15, 0.2) is 54.9 Å². The molecule has 2 aromatic heterocycles. The molecule has 6 nitrogen and oxygen atoms in total. The summed E-state index contributed by atoms with van der Waals surface area (Å²) < 4.78 is 0. The van der Waals surface area contributed by atoms with Gasteiger partial charge in [-0.05, 0) is 30.7 Å². The SMILES string of the molecule is Cc1nc(C(Nc2ncnc3cc(Cl)ccc23)c2ccccc2)n[nH]1. The Morgan fingerprint density at radius 3 is 2.68 bits per heavy atom. The summed E-state index contributed by atoms with van der Waals surface area (Å²) in [6.07, 6.45) is 1.52. The Kier molecular flexibility index (Phi) is 4.03. The van der Waals surface area contributed by atoms with Gasteiger partial charge in [-0.25, -0.2) is 15.0 Å². The van der Waals surface area contributed by atoms with E-state index >= 15 is 0 Å². The number of anilines is 1. The van der Waals surface area contributed by atoms with Gasteiger partial charge in [0, 0.05) is 10.4 Å². The summed E-state index contributed by atoms with van der Waals surface area (Å²) in [6.45, 7) is 1.88. The van der Waals surface area contributed by atoms with Gasteiger partial charge in [0.1, 0.15) is 24.0 Å². The summed E-state index contributed by atoms with van der Waals surface area (Å²) in [5.74, 6) is 2.12. The quantitative estimate of drug-likeness (QED) is 0.583. The van der Waals surface area contributed by atoms with Gasteiger partial charge in [-0.3, -0.25) is 5.10 Å². The van der Waals surface area contributed by atoms with E-state index in [1.807, 2.05) is 55.5 Å². The number of nitrogens with zero attached hydrogens (tertiary/aromatic N) is 4. The van der Waals surface area contributed by atoms with Crippen molar-refractivity contribution in [3.63, 3.8) is 0 Å². The second kappa shape index (κ2) is 6.49. The molecule has 7 heteroatoms. The first-order chi connectivity index (χ1) is 12.2. The summed E-state index contributed by atoms with van der Waals surface area (Å²) in [7, 11) is 0. The van der Waals surface area contributed by atoms with Crippen LogP contribution in [0.25, 0.3) is 10.9 Å². The number of aryl methyl sites for hydroxylation is 1. The average molecular weight is 351 g/mol. The lowest BCUT2D eigenvalue weighted by Gasteiger charge is -2.18. The minimum Gasteiger partial charge on any atom is -0.356 e. The maximum absolute atomic E-state index is 6.07. The molecule has 0 bridgehead atoms. The predicted molar refractivity (Wildman–Crippen MR) is 97.6 cm³/mol. The molecule has 0 fully saturated rings. The van der Waals surface area contributed by atoms with Gasteiger partial charge in [-0.1, -0.05) is 41.9 Å². The number of halogens is 1. The van der Waals surface area contributed by atoms with Crippen molar-refractivity contribution >= 4 is 28.3 Å². The minimum absolute atomic E-state index is 0.236. The minimum atomic E-state index is -0.236. The van der Waals surface area contributed by atoms with Gasteiger partial charge in [-0.15, -0.1) is 0 Å². The van der Waals surface area contributed by atoms with E-state index in [1.54, 1.807) is 0 Å². The largest absolute Gasteiger partial charge is 0.356 e. The Labute approximate surface area is 149 Å². The molecule has 2 aromatic carbocycles. The van der Waals surface area contributed by atoms with Gasteiger partial charge < -0.3 is 5.32 Å². The van der Waals surface area contributed by atoms with Gasteiger partial charge in [0.15, 0.2) is 5.82 Å². The van der Waals surface area contributed by atoms with Crippen LogP contribution in [0.3, 0.4) is 0 Å². The maximum atomic E-state index is 6.07. The molecule has 0 aliphatic rings. The summed E-state index contributed by atoms with van der Waals surface area (Å²) in [5.41, 5.74) is 1.82. The third-order valence-corrected chi connectivity index (χ3v) is 4.12. The topological polar surface area (TPSA) is 79.4 Å². The molecule has 25 heavy (non-hydrogen) atoms. The number of H-pyrrole nitrogens is 1. The Balaban J connectivity index is 1.79. The zero-order valence-corrected chi connectivity index (χ0v) is 14.2. The molecule has 4 rings (SSSR count). The van der Waals surface area contributed by atoms with Gasteiger partial charge in [0.2, 0.25) is 0 Å². The third kappa shape index (κ3) is 3.16. The number of hydrogen-bond acceptors (Lipinski definition) is 5. The van der Waals surface area contributed by atoms with E-state index in [1.165, 1.54) is 6.33 Å². The zero-order chi connectivity index (χ0) is 17.2. The Bertz CT molecular complexity index is 1010. The number of nitrogens with one attached hydrogen (secondary N) is 2. The summed E-state index contributed by atoms with van der Waals surface area (Å²) in [5, 5.41) is 12.2. The fourth-order valence-corrected chi connectivity index (χ4v) is 2.88. The van der Waals surface area contributed by atoms with Crippen molar-refractivity contribution in [1.82, 2.24) is 25.1 Å². The summed E-state index contributed by atoms with van der Waals surface area (Å²) in [4.78, 5) is 13.2. The van der Waals surface area contributed by atoms with Gasteiger partial charge >= 0.3 is 0 Å². The molecule has 0 radical (unpaired) electrons. The lowest BCUT2D eigenvalue weighted by molar-refractivity contribution is 0.831. The second-order valence-corrected chi connectivity index (χ2v) is 6.09. The molecule has 0 saturated heterocycles. The molecule has 1 atom stereocenters. The first-order valence-corrected chi connectivity index (χ1v) is 8.19. The van der Waals surface area contributed by atoms with Crippen LogP contribution < -0.4 is 5.32 Å². The molecule has 0 saturated carbocycles. The molecule has 0 spiro atoms. The monoisotopic (exact) mass is 350 g/mol. The maximum Gasteiger partial charge on any atom is 0.177 e. The summed E-state index contributed by atoms with van der Waals surface area (Å²) >= 11 is 6.07. The normalized spacial score (nSPS) is 12.2. The van der Waals surface area contributed by atoms with Gasteiger partial charge in [-0.2, -0.15) is 5.10 Å². The first-order valence-electron chi connectivity index (χ1n) is 7.81. The Hall–Kier alpha value is -2.99. The van der Waals surface area contributed by atoms with Gasteiger partial charge in [0.25, 0.3) is 0 Å². The van der Waals surface area contributed by atoms with E-state index in [2.05, 4.69) is 30.5 Å².